The van der Waals surface area contributed by atoms with Crippen LogP contribution in [0.1, 0.15) is 46.0 Å². The quantitative estimate of drug-likeness (QED) is 0.479. The van der Waals surface area contributed by atoms with Crippen LogP contribution in [0, 0.1) is 16.0 Å². The van der Waals surface area contributed by atoms with Crippen LogP contribution >= 0.6 is 0 Å². The fourth-order valence-corrected chi connectivity index (χ4v) is 3.03. The van der Waals surface area contributed by atoms with E-state index in [9.17, 15) is 10.1 Å². The molecule has 2 atom stereocenters. The minimum Gasteiger partial charge on any atom is -0.385 e. The molecule has 0 amide bonds. The number of rotatable bonds is 5. The highest BCUT2D eigenvalue weighted by Crippen LogP contribution is 2.29. The first-order valence-electron chi connectivity index (χ1n) is 7.90. The molecule has 0 aliphatic heterocycles. The van der Waals surface area contributed by atoms with Crippen molar-refractivity contribution < 1.29 is 4.92 Å². The van der Waals surface area contributed by atoms with E-state index in [0.717, 1.165) is 24.3 Å². The fourth-order valence-electron chi connectivity index (χ4n) is 3.03. The Balaban J connectivity index is 2.19. The molecule has 1 saturated carbocycles. The molecule has 0 bridgehead atoms. The predicted octanol–water partition coefficient (Wildman–Crippen LogP) is 4.41. The van der Waals surface area contributed by atoms with E-state index in [0.29, 0.717) is 12.0 Å². The predicted molar refractivity (Wildman–Crippen MR) is 86.9 cm³/mol. The van der Waals surface area contributed by atoms with Crippen LogP contribution < -0.4 is 10.6 Å². The van der Waals surface area contributed by atoms with Gasteiger partial charge in [-0.1, -0.05) is 26.2 Å². The number of benzene rings is 1. The maximum Gasteiger partial charge on any atom is 0.273 e. The van der Waals surface area contributed by atoms with Crippen molar-refractivity contribution in [2.75, 3.05) is 17.2 Å². The van der Waals surface area contributed by atoms with Gasteiger partial charge in [0.2, 0.25) is 0 Å². The van der Waals surface area contributed by atoms with E-state index in [1.54, 1.807) is 12.1 Å². The van der Waals surface area contributed by atoms with Gasteiger partial charge < -0.3 is 10.6 Å². The highest BCUT2D eigenvalue weighted by atomic mass is 16.6. The van der Waals surface area contributed by atoms with Crippen LogP contribution in [0.4, 0.5) is 17.1 Å². The van der Waals surface area contributed by atoms with E-state index < -0.39 is 0 Å². The first kappa shape index (κ1) is 15.6. The molecule has 0 spiro atoms. The largest absolute Gasteiger partial charge is 0.385 e. The summed E-state index contributed by atoms with van der Waals surface area (Å²) in [6.07, 6.45) is 6.18. The number of non-ortho nitro benzene ring substituents is 1. The zero-order valence-electron chi connectivity index (χ0n) is 12.9. The van der Waals surface area contributed by atoms with Gasteiger partial charge in [-0.15, -0.1) is 0 Å². The van der Waals surface area contributed by atoms with Gasteiger partial charge in [-0.3, -0.25) is 10.1 Å². The summed E-state index contributed by atoms with van der Waals surface area (Å²) in [7, 11) is 0. The standard InChI is InChI=1S/C16H25N3O2/c1-3-17-13-9-14(11-15(10-13)19(20)21)18-16-8-6-4-5-7-12(16)2/h9-12,16-18H,3-8H2,1-2H3. The van der Waals surface area contributed by atoms with Gasteiger partial charge in [0.1, 0.15) is 0 Å². The van der Waals surface area contributed by atoms with Crippen molar-refractivity contribution in [3.05, 3.63) is 28.3 Å². The molecule has 1 aromatic carbocycles. The lowest BCUT2D eigenvalue weighted by atomic mass is 9.96. The molecule has 1 aliphatic rings. The molecule has 5 nitrogen and oxygen atoms in total. The molecular formula is C16H25N3O2. The van der Waals surface area contributed by atoms with Crippen molar-refractivity contribution in [3.8, 4) is 0 Å². The molecule has 2 unspecified atom stereocenters. The van der Waals surface area contributed by atoms with Crippen LogP contribution in [0.3, 0.4) is 0 Å². The third-order valence-corrected chi connectivity index (χ3v) is 4.22. The van der Waals surface area contributed by atoms with E-state index in [1.165, 1.54) is 25.7 Å². The minimum atomic E-state index is -0.331. The van der Waals surface area contributed by atoms with Gasteiger partial charge in [0.05, 0.1) is 4.92 Å². The average molecular weight is 291 g/mol. The number of nitro benzene ring substituents is 1. The Morgan fingerprint density at radius 1 is 1.19 bits per heavy atom. The molecule has 116 valence electrons. The Bertz CT molecular complexity index is 490. The molecule has 0 saturated heterocycles. The Labute approximate surface area is 126 Å². The Morgan fingerprint density at radius 2 is 1.90 bits per heavy atom. The summed E-state index contributed by atoms with van der Waals surface area (Å²) in [6, 6.07) is 5.60. The van der Waals surface area contributed by atoms with Crippen LogP contribution in [0.25, 0.3) is 0 Å². The van der Waals surface area contributed by atoms with E-state index in [4.69, 9.17) is 0 Å². The first-order chi connectivity index (χ1) is 10.1. The summed E-state index contributed by atoms with van der Waals surface area (Å²) >= 11 is 0. The van der Waals surface area contributed by atoms with Crippen molar-refractivity contribution in [2.24, 2.45) is 5.92 Å². The number of nitrogens with one attached hydrogen (secondary N) is 2. The molecule has 0 heterocycles. The van der Waals surface area contributed by atoms with Gasteiger partial charge in [-0.05, 0) is 31.7 Å². The molecular weight excluding hydrogens is 266 g/mol. The maximum absolute atomic E-state index is 11.1. The second kappa shape index (κ2) is 7.29. The molecule has 0 radical (unpaired) electrons. The Hall–Kier alpha value is -1.78. The minimum absolute atomic E-state index is 0.136. The van der Waals surface area contributed by atoms with Crippen molar-refractivity contribution >= 4 is 17.1 Å². The van der Waals surface area contributed by atoms with E-state index in [-0.39, 0.29) is 10.6 Å². The first-order valence-corrected chi connectivity index (χ1v) is 7.90. The molecule has 2 N–H and O–H groups in total. The third-order valence-electron chi connectivity index (χ3n) is 4.22. The normalized spacial score (nSPS) is 22.4. The SMILES string of the molecule is CCNc1cc(NC2CCCCCC2C)cc([N+](=O)[O-])c1. The van der Waals surface area contributed by atoms with Crippen LogP contribution in [0.2, 0.25) is 0 Å². The summed E-state index contributed by atoms with van der Waals surface area (Å²) in [5.74, 6) is 0.606. The third kappa shape index (κ3) is 4.34. The Morgan fingerprint density at radius 3 is 2.62 bits per heavy atom. The number of hydrogen-bond donors (Lipinski definition) is 2. The number of nitro groups is 1. The van der Waals surface area contributed by atoms with Gasteiger partial charge in [-0.25, -0.2) is 0 Å². The van der Waals surface area contributed by atoms with E-state index >= 15 is 0 Å². The molecule has 1 aromatic rings. The summed E-state index contributed by atoms with van der Waals surface area (Å²) < 4.78 is 0. The summed E-state index contributed by atoms with van der Waals surface area (Å²) in [5.41, 5.74) is 1.78. The molecule has 1 fully saturated rings. The summed E-state index contributed by atoms with van der Waals surface area (Å²) in [5, 5.41) is 17.8. The summed E-state index contributed by atoms with van der Waals surface area (Å²) in [6.45, 7) is 5.01. The van der Waals surface area contributed by atoms with E-state index in [2.05, 4.69) is 17.6 Å². The molecule has 1 aliphatic carbocycles. The average Bonchev–Trinajstić information content (AvgIpc) is 2.64. The molecule has 0 aromatic heterocycles. The van der Waals surface area contributed by atoms with Crippen LogP contribution in [0.5, 0.6) is 0 Å². The lowest BCUT2D eigenvalue weighted by Gasteiger charge is -2.24. The smallest absolute Gasteiger partial charge is 0.273 e. The number of hydrogen-bond acceptors (Lipinski definition) is 4. The van der Waals surface area contributed by atoms with Gasteiger partial charge in [0.25, 0.3) is 5.69 Å². The highest BCUT2D eigenvalue weighted by Gasteiger charge is 2.20. The van der Waals surface area contributed by atoms with Gasteiger partial charge >= 0.3 is 0 Å². The number of anilines is 2. The van der Waals surface area contributed by atoms with Crippen LogP contribution in [-0.4, -0.2) is 17.5 Å². The van der Waals surface area contributed by atoms with Gasteiger partial charge in [0.15, 0.2) is 0 Å². The van der Waals surface area contributed by atoms with Crippen LogP contribution in [0.15, 0.2) is 18.2 Å². The number of nitrogens with zero attached hydrogens (tertiary/aromatic N) is 1. The van der Waals surface area contributed by atoms with E-state index in [1.807, 2.05) is 13.0 Å². The molecule has 21 heavy (non-hydrogen) atoms. The fraction of sp³-hybridized carbons (Fsp3) is 0.625. The summed E-state index contributed by atoms with van der Waals surface area (Å²) in [4.78, 5) is 10.7. The molecule has 2 rings (SSSR count). The highest BCUT2D eigenvalue weighted by molar-refractivity contribution is 5.63. The van der Waals surface area contributed by atoms with Crippen molar-refractivity contribution in [2.45, 2.75) is 52.0 Å². The van der Waals surface area contributed by atoms with Gasteiger partial charge in [-0.2, -0.15) is 0 Å². The second-order valence-electron chi connectivity index (χ2n) is 5.92. The zero-order chi connectivity index (χ0) is 15.2. The topological polar surface area (TPSA) is 67.2 Å². The van der Waals surface area contributed by atoms with Crippen molar-refractivity contribution in [1.82, 2.24) is 0 Å². The van der Waals surface area contributed by atoms with Gasteiger partial charge in [0, 0.05) is 36.1 Å². The van der Waals surface area contributed by atoms with Crippen LogP contribution in [-0.2, 0) is 0 Å². The van der Waals surface area contributed by atoms with Crippen molar-refractivity contribution in [3.63, 3.8) is 0 Å². The lowest BCUT2D eigenvalue weighted by Crippen LogP contribution is -2.26. The maximum atomic E-state index is 11.1. The zero-order valence-corrected chi connectivity index (χ0v) is 12.9. The Kier molecular flexibility index (Phi) is 5.42. The second-order valence-corrected chi connectivity index (χ2v) is 5.92. The monoisotopic (exact) mass is 291 g/mol. The molecule has 5 heteroatoms. The lowest BCUT2D eigenvalue weighted by molar-refractivity contribution is -0.384. The van der Waals surface area contributed by atoms with Crippen molar-refractivity contribution in [1.29, 1.82) is 0 Å².